The van der Waals surface area contributed by atoms with Gasteiger partial charge in [-0.25, -0.2) is 14.6 Å². The lowest BCUT2D eigenvalue weighted by Gasteiger charge is -2.09. The van der Waals surface area contributed by atoms with Crippen LogP contribution in [0, 0.1) is 0 Å². The molecule has 9 heteroatoms. The fourth-order valence-corrected chi connectivity index (χ4v) is 3.53. The third-order valence-corrected chi connectivity index (χ3v) is 5.19. The number of carbonyl (C=O) groups is 1. The number of nitrogens with zero attached hydrogens (tertiary/aromatic N) is 4. The number of aromatic nitrogens is 4. The molecule has 0 aliphatic heterocycles. The van der Waals surface area contributed by atoms with Crippen LogP contribution >= 0.6 is 11.8 Å². The van der Waals surface area contributed by atoms with E-state index in [0.29, 0.717) is 19.5 Å². The number of carbonyl (C=O) groups excluding carboxylic acids is 1. The molecule has 0 spiro atoms. The van der Waals surface area contributed by atoms with Crippen molar-refractivity contribution in [2.45, 2.75) is 38.4 Å². The fourth-order valence-electron chi connectivity index (χ4n) is 2.96. The topological polar surface area (TPSA) is 94.0 Å². The van der Waals surface area contributed by atoms with E-state index in [2.05, 4.69) is 39.5 Å². The van der Waals surface area contributed by atoms with E-state index < -0.39 is 0 Å². The van der Waals surface area contributed by atoms with Gasteiger partial charge in [-0.3, -0.25) is 4.79 Å². The lowest BCUT2D eigenvalue weighted by Crippen LogP contribution is -2.28. The van der Waals surface area contributed by atoms with Crippen molar-refractivity contribution in [3.8, 4) is 5.75 Å². The number of nitrogens with one attached hydrogen (secondary N) is 2. The molecule has 1 aromatic carbocycles. The summed E-state index contributed by atoms with van der Waals surface area (Å²) in [6.45, 7) is 6.05. The van der Waals surface area contributed by atoms with Crippen LogP contribution in [-0.2, 0) is 17.8 Å². The van der Waals surface area contributed by atoms with Crippen LogP contribution in [0.25, 0.3) is 11.0 Å². The van der Waals surface area contributed by atoms with Crippen molar-refractivity contribution in [2.24, 2.45) is 0 Å². The average Bonchev–Trinajstić information content (AvgIpc) is 3.16. The zero-order valence-corrected chi connectivity index (χ0v) is 18.5. The van der Waals surface area contributed by atoms with Crippen molar-refractivity contribution in [3.63, 3.8) is 0 Å². The van der Waals surface area contributed by atoms with Gasteiger partial charge in [-0.05, 0) is 29.9 Å². The van der Waals surface area contributed by atoms with Crippen molar-refractivity contribution in [2.75, 3.05) is 31.3 Å². The Morgan fingerprint density at radius 2 is 1.97 bits per heavy atom. The van der Waals surface area contributed by atoms with Crippen molar-refractivity contribution < 1.29 is 9.53 Å². The minimum atomic E-state index is -0.0289. The molecule has 0 saturated heterocycles. The van der Waals surface area contributed by atoms with Gasteiger partial charge in [0.2, 0.25) is 5.91 Å². The lowest BCUT2D eigenvalue weighted by molar-refractivity contribution is -0.120. The predicted octanol–water partition coefficient (Wildman–Crippen LogP) is 3.13. The number of ether oxygens (including phenoxy) is 1. The minimum Gasteiger partial charge on any atom is -0.497 e. The Morgan fingerprint density at radius 3 is 2.67 bits per heavy atom. The summed E-state index contributed by atoms with van der Waals surface area (Å²) in [4.78, 5) is 21.5. The zero-order chi connectivity index (χ0) is 21.3. The van der Waals surface area contributed by atoms with Gasteiger partial charge in [-0.1, -0.05) is 37.7 Å². The smallest absolute Gasteiger partial charge is 0.224 e. The SMILES string of the molecule is CCCNc1nc(SCC)nc2c1cnn2CCNC(=O)Cc1ccc(OC)cc1. The molecule has 0 unspecified atom stereocenters. The van der Waals surface area contributed by atoms with Crippen LogP contribution in [0.1, 0.15) is 25.8 Å². The molecule has 3 aromatic rings. The molecule has 0 saturated carbocycles. The third kappa shape index (κ3) is 5.63. The maximum Gasteiger partial charge on any atom is 0.224 e. The van der Waals surface area contributed by atoms with Crippen LogP contribution in [0.3, 0.4) is 0 Å². The fraction of sp³-hybridized carbons (Fsp3) is 0.429. The predicted molar refractivity (Wildman–Crippen MR) is 120 cm³/mol. The molecule has 0 radical (unpaired) electrons. The van der Waals surface area contributed by atoms with Gasteiger partial charge in [-0.15, -0.1) is 0 Å². The van der Waals surface area contributed by atoms with E-state index in [0.717, 1.165) is 52.0 Å². The van der Waals surface area contributed by atoms with Crippen LogP contribution in [0.4, 0.5) is 5.82 Å². The van der Waals surface area contributed by atoms with E-state index >= 15 is 0 Å². The van der Waals surface area contributed by atoms with E-state index in [4.69, 9.17) is 4.74 Å². The molecule has 0 fully saturated rings. The summed E-state index contributed by atoms with van der Waals surface area (Å²) in [5, 5.41) is 12.4. The Hall–Kier alpha value is -2.81. The van der Waals surface area contributed by atoms with Crippen molar-refractivity contribution in [3.05, 3.63) is 36.0 Å². The van der Waals surface area contributed by atoms with Crippen molar-refractivity contribution in [1.82, 2.24) is 25.1 Å². The van der Waals surface area contributed by atoms with Crippen LogP contribution < -0.4 is 15.4 Å². The molecular formula is C21H28N6O2S. The van der Waals surface area contributed by atoms with Crippen molar-refractivity contribution >= 4 is 34.5 Å². The molecular weight excluding hydrogens is 400 g/mol. The first-order chi connectivity index (χ1) is 14.6. The molecule has 160 valence electrons. The quantitative estimate of drug-likeness (QED) is 0.358. The number of hydrogen-bond acceptors (Lipinski definition) is 7. The zero-order valence-electron chi connectivity index (χ0n) is 17.6. The van der Waals surface area contributed by atoms with Gasteiger partial charge in [0, 0.05) is 13.1 Å². The Balaban J connectivity index is 1.63. The molecule has 8 nitrogen and oxygen atoms in total. The molecule has 0 aliphatic rings. The second-order valence-corrected chi connectivity index (χ2v) is 7.93. The first-order valence-corrected chi connectivity index (χ1v) is 11.1. The van der Waals surface area contributed by atoms with Crippen LogP contribution in [0.2, 0.25) is 0 Å². The Labute approximate surface area is 180 Å². The number of methoxy groups -OCH3 is 1. The molecule has 0 aliphatic carbocycles. The second-order valence-electron chi connectivity index (χ2n) is 6.69. The van der Waals surface area contributed by atoms with Crippen LogP contribution in [0.15, 0.2) is 35.6 Å². The number of rotatable bonds is 11. The number of fused-ring (bicyclic) bond motifs is 1. The van der Waals surface area contributed by atoms with Gasteiger partial charge < -0.3 is 15.4 Å². The second kappa shape index (κ2) is 10.8. The largest absolute Gasteiger partial charge is 0.497 e. The highest BCUT2D eigenvalue weighted by molar-refractivity contribution is 7.99. The van der Waals surface area contributed by atoms with E-state index in [-0.39, 0.29) is 5.91 Å². The van der Waals surface area contributed by atoms with E-state index in [9.17, 15) is 4.79 Å². The Bertz CT molecular complexity index is 974. The summed E-state index contributed by atoms with van der Waals surface area (Å²) in [5.41, 5.74) is 1.72. The van der Waals surface area contributed by atoms with Gasteiger partial charge >= 0.3 is 0 Å². The Morgan fingerprint density at radius 1 is 1.17 bits per heavy atom. The number of hydrogen-bond donors (Lipinski definition) is 2. The van der Waals surface area contributed by atoms with Gasteiger partial charge in [-0.2, -0.15) is 5.10 Å². The summed E-state index contributed by atoms with van der Waals surface area (Å²) in [5.74, 6) is 2.46. The number of amides is 1. The molecule has 30 heavy (non-hydrogen) atoms. The normalized spacial score (nSPS) is 10.9. The third-order valence-electron chi connectivity index (χ3n) is 4.46. The maximum absolute atomic E-state index is 12.3. The first kappa shape index (κ1) is 21.9. The van der Waals surface area contributed by atoms with Gasteiger partial charge in [0.1, 0.15) is 11.6 Å². The average molecular weight is 429 g/mol. The van der Waals surface area contributed by atoms with Gasteiger partial charge in [0.05, 0.1) is 31.7 Å². The molecule has 3 rings (SSSR count). The monoisotopic (exact) mass is 428 g/mol. The van der Waals surface area contributed by atoms with E-state index in [1.54, 1.807) is 25.1 Å². The standard InChI is InChI=1S/C21H28N6O2S/c1-4-10-23-19-17-14-24-27(20(17)26-21(25-19)30-5-2)12-11-22-18(28)13-15-6-8-16(29-3)9-7-15/h6-9,14H,4-5,10-13H2,1-3H3,(H,22,28)(H,23,25,26). The lowest BCUT2D eigenvalue weighted by atomic mass is 10.1. The van der Waals surface area contributed by atoms with Crippen LogP contribution in [0.5, 0.6) is 5.75 Å². The van der Waals surface area contributed by atoms with E-state index in [1.165, 1.54) is 0 Å². The highest BCUT2D eigenvalue weighted by atomic mass is 32.2. The molecule has 2 aromatic heterocycles. The van der Waals surface area contributed by atoms with Crippen molar-refractivity contribution in [1.29, 1.82) is 0 Å². The number of benzene rings is 1. The summed E-state index contributed by atoms with van der Waals surface area (Å²) >= 11 is 1.60. The molecule has 2 heterocycles. The highest BCUT2D eigenvalue weighted by Gasteiger charge is 2.13. The molecule has 0 bridgehead atoms. The number of anilines is 1. The summed E-state index contributed by atoms with van der Waals surface area (Å²) in [7, 11) is 1.62. The molecule has 0 atom stereocenters. The summed E-state index contributed by atoms with van der Waals surface area (Å²) < 4.78 is 6.96. The number of thioether (sulfide) groups is 1. The summed E-state index contributed by atoms with van der Waals surface area (Å²) in [6, 6.07) is 7.50. The molecule has 1 amide bonds. The molecule has 2 N–H and O–H groups in total. The van der Waals surface area contributed by atoms with E-state index in [1.807, 2.05) is 28.9 Å². The highest BCUT2D eigenvalue weighted by Crippen LogP contribution is 2.24. The minimum absolute atomic E-state index is 0.0289. The van der Waals surface area contributed by atoms with Gasteiger partial charge in [0.25, 0.3) is 0 Å². The Kier molecular flexibility index (Phi) is 7.89. The van der Waals surface area contributed by atoms with Crippen LogP contribution in [-0.4, -0.2) is 51.6 Å². The summed E-state index contributed by atoms with van der Waals surface area (Å²) in [6.07, 6.45) is 3.12. The van der Waals surface area contributed by atoms with Gasteiger partial charge in [0.15, 0.2) is 10.8 Å². The first-order valence-electron chi connectivity index (χ1n) is 10.1. The maximum atomic E-state index is 12.3.